The minimum Gasteiger partial charge on any atom is -0.334 e. The molecule has 1 fully saturated rings. The molecule has 11 heavy (non-hydrogen) atoms. The van der Waals surface area contributed by atoms with E-state index in [4.69, 9.17) is 5.84 Å². The van der Waals surface area contributed by atoms with E-state index in [-0.39, 0.29) is 0 Å². The van der Waals surface area contributed by atoms with E-state index in [1.165, 1.54) is 4.90 Å². The van der Waals surface area contributed by atoms with E-state index in [9.17, 15) is 9.59 Å². The van der Waals surface area contributed by atoms with Crippen molar-refractivity contribution in [3.8, 4) is 0 Å². The largest absolute Gasteiger partial charge is 0.334 e. The van der Waals surface area contributed by atoms with Gasteiger partial charge in [-0.1, -0.05) is 0 Å². The average Bonchev–Trinajstić information content (AvgIpc) is 2.53. The standard InChI is InChI=1S/C6H11N3O2/c7-8-5(10)6(11)9-3-1-2-4-9/h1-4,7H2,(H,8,10). The van der Waals surface area contributed by atoms with Gasteiger partial charge in [-0.15, -0.1) is 0 Å². The van der Waals surface area contributed by atoms with Crippen LogP contribution in [0.1, 0.15) is 12.8 Å². The van der Waals surface area contributed by atoms with Crippen molar-refractivity contribution in [2.75, 3.05) is 13.1 Å². The molecule has 5 nitrogen and oxygen atoms in total. The average molecular weight is 157 g/mol. The fourth-order valence-electron chi connectivity index (χ4n) is 1.13. The fraction of sp³-hybridized carbons (Fsp3) is 0.667. The second kappa shape index (κ2) is 3.34. The molecule has 0 aromatic rings. The third kappa shape index (κ3) is 1.68. The molecule has 0 aromatic carbocycles. The van der Waals surface area contributed by atoms with Crippen molar-refractivity contribution >= 4 is 11.8 Å². The fourth-order valence-corrected chi connectivity index (χ4v) is 1.13. The zero-order valence-electron chi connectivity index (χ0n) is 6.17. The second-order valence-corrected chi connectivity index (χ2v) is 2.47. The SMILES string of the molecule is NNC(=O)C(=O)N1CCCC1. The lowest BCUT2D eigenvalue weighted by molar-refractivity contribution is -0.145. The molecule has 1 heterocycles. The number of nitrogens with zero attached hydrogens (tertiary/aromatic N) is 1. The van der Waals surface area contributed by atoms with E-state index in [1.807, 2.05) is 5.43 Å². The third-order valence-corrected chi connectivity index (χ3v) is 1.72. The predicted molar refractivity (Wildman–Crippen MR) is 38.1 cm³/mol. The molecule has 0 aromatic heterocycles. The summed E-state index contributed by atoms with van der Waals surface area (Å²) in [5, 5.41) is 0. The van der Waals surface area contributed by atoms with Crippen molar-refractivity contribution in [1.29, 1.82) is 0 Å². The van der Waals surface area contributed by atoms with Gasteiger partial charge >= 0.3 is 11.8 Å². The Bertz CT molecular complexity index is 175. The monoisotopic (exact) mass is 157 g/mol. The first-order valence-corrected chi connectivity index (χ1v) is 3.55. The number of carbonyl (C=O) groups is 2. The molecule has 0 aliphatic carbocycles. The van der Waals surface area contributed by atoms with Crippen molar-refractivity contribution < 1.29 is 9.59 Å². The van der Waals surface area contributed by atoms with Crippen LogP contribution in [0.5, 0.6) is 0 Å². The number of amides is 2. The lowest BCUT2D eigenvalue weighted by atomic mass is 10.4. The highest BCUT2D eigenvalue weighted by Gasteiger charge is 2.23. The number of nitrogens with one attached hydrogen (secondary N) is 1. The molecule has 1 saturated heterocycles. The van der Waals surface area contributed by atoms with Crippen molar-refractivity contribution in [3.05, 3.63) is 0 Å². The number of nitrogens with two attached hydrogens (primary N) is 1. The van der Waals surface area contributed by atoms with Crippen LogP contribution in [0.2, 0.25) is 0 Å². The van der Waals surface area contributed by atoms with Gasteiger partial charge in [0.2, 0.25) is 0 Å². The molecule has 62 valence electrons. The van der Waals surface area contributed by atoms with Gasteiger partial charge < -0.3 is 4.90 Å². The van der Waals surface area contributed by atoms with Crippen LogP contribution < -0.4 is 11.3 Å². The van der Waals surface area contributed by atoms with E-state index in [2.05, 4.69) is 0 Å². The summed E-state index contributed by atoms with van der Waals surface area (Å²) < 4.78 is 0. The maximum atomic E-state index is 11.0. The Kier molecular flexibility index (Phi) is 2.43. The summed E-state index contributed by atoms with van der Waals surface area (Å²) in [6, 6.07) is 0. The Morgan fingerprint density at radius 1 is 1.27 bits per heavy atom. The summed E-state index contributed by atoms with van der Waals surface area (Å²) >= 11 is 0. The Hall–Kier alpha value is -1.10. The maximum absolute atomic E-state index is 11.0. The van der Waals surface area contributed by atoms with Gasteiger partial charge in [-0.2, -0.15) is 0 Å². The third-order valence-electron chi connectivity index (χ3n) is 1.72. The maximum Gasteiger partial charge on any atom is 0.323 e. The van der Waals surface area contributed by atoms with Crippen LogP contribution in [-0.2, 0) is 9.59 Å². The van der Waals surface area contributed by atoms with Crippen LogP contribution in [0.15, 0.2) is 0 Å². The number of carbonyl (C=O) groups excluding carboxylic acids is 2. The van der Waals surface area contributed by atoms with Gasteiger partial charge in [0, 0.05) is 13.1 Å². The highest BCUT2D eigenvalue weighted by molar-refractivity contribution is 6.34. The van der Waals surface area contributed by atoms with Crippen LogP contribution in [0, 0.1) is 0 Å². The molecule has 0 bridgehead atoms. The lowest BCUT2D eigenvalue weighted by Crippen LogP contribution is -2.44. The van der Waals surface area contributed by atoms with E-state index < -0.39 is 11.8 Å². The molecule has 0 spiro atoms. The summed E-state index contributed by atoms with van der Waals surface area (Å²) in [5.41, 5.74) is 1.81. The highest BCUT2D eigenvalue weighted by Crippen LogP contribution is 2.06. The van der Waals surface area contributed by atoms with Crippen molar-refractivity contribution in [2.45, 2.75) is 12.8 Å². The van der Waals surface area contributed by atoms with Crippen LogP contribution in [-0.4, -0.2) is 29.8 Å². The first kappa shape index (κ1) is 8.00. The van der Waals surface area contributed by atoms with E-state index >= 15 is 0 Å². The van der Waals surface area contributed by atoms with Gasteiger partial charge in [0.25, 0.3) is 0 Å². The van der Waals surface area contributed by atoms with Crippen LogP contribution >= 0.6 is 0 Å². The number of hydrazine groups is 1. The minimum atomic E-state index is -0.730. The van der Waals surface area contributed by atoms with Gasteiger partial charge in [0.1, 0.15) is 0 Å². The lowest BCUT2D eigenvalue weighted by Gasteiger charge is -2.12. The summed E-state index contributed by atoms with van der Waals surface area (Å²) in [5.74, 6) is 3.54. The topological polar surface area (TPSA) is 75.4 Å². The molecule has 0 radical (unpaired) electrons. The second-order valence-electron chi connectivity index (χ2n) is 2.47. The molecule has 1 rings (SSSR count). The molecule has 1 aliphatic rings. The normalized spacial score (nSPS) is 16.6. The van der Waals surface area contributed by atoms with E-state index in [1.54, 1.807) is 0 Å². The van der Waals surface area contributed by atoms with Crippen LogP contribution in [0.3, 0.4) is 0 Å². The number of hydrogen-bond donors (Lipinski definition) is 2. The Balaban J connectivity index is 2.46. The van der Waals surface area contributed by atoms with Crippen molar-refractivity contribution in [1.82, 2.24) is 10.3 Å². The number of rotatable bonds is 0. The molecule has 2 amide bonds. The zero-order valence-corrected chi connectivity index (χ0v) is 6.17. The molecule has 3 N–H and O–H groups in total. The first-order valence-electron chi connectivity index (χ1n) is 3.55. The highest BCUT2D eigenvalue weighted by atomic mass is 16.2. The number of hydrogen-bond acceptors (Lipinski definition) is 3. The van der Waals surface area contributed by atoms with Gasteiger partial charge in [-0.05, 0) is 12.8 Å². The van der Waals surface area contributed by atoms with Crippen molar-refractivity contribution in [2.24, 2.45) is 5.84 Å². The summed E-state index contributed by atoms with van der Waals surface area (Å²) in [6.07, 6.45) is 1.95. The molecule has 0 atom stereocenters. The molecule has 0 saturated carbocycles. The van der Waals surface area contributed by atoms with Gasteiger partial charge in [0.15, 0.2) is 0 Å². The molecule has 1 aliphatic heterocycles. The Morgan fingerprint density at radius 2 is 1.82 bits per heavy atom. The quantitative estimate of drug-likeness (QED) is 0.196. The number of likely N-dealkylation sites (tertiary alicyclic amines) is 1. The summed E-state index contributed by atoms with van der Waals surface area (Å²) in [6.45, 7) is 1.35. The predicted octanol–water partition coefficient (Wildman–Crippen LogP) is -1.40. The summed E-state index contributed by atoms with van der Waals surface area (Å²) in [7, 11) is 0. The van der Waals surface area contributed by atoms with E-state index in [0.29, 0.717) is 13.1 Å². The smallest absolute Gasteiger partial charge is 0.323 e. The first-order chi connectivity index (χ1) is 5.25. The molecule has 5 heteroatoms. The molecule has 0 unspecified atom stereocenters. The van der Waals surface area contributed by atoms with Crippen molar-refractivity contribution in [3.63, 3.8) is 0 Å². The minimum absolute atomic E-state index is 0.523. The van der Waals surface area contributed by atoms with Gasteiger partial charge in [0.05, 0.1) is 0 Å². The molecular formula is C6H11N3O2. The zero-order chi connectivity index (χ0) is 8.27. The van der Waals surface area contributed by atoms with E-state index in [0.717, 1.165) is 12.8 Å². The van der Waals surface area contributed by atoms with Crippen LogP contribution in [0.25, 0.3) is 0 Å². The summed E-state index contributed by atoms with van der Waals surface area (Å²) in [4.78, 5) is 23.2. The van der Waals surface area contributed by atoms with Gasteiger partial charge in [-0.3, -0.25) is 15.0 Å². The van der Waals surface area contributed by atoms with Gasteiger partial charge in [-0.25, -0.2) is 5.84 Å². The molecular weight excluding hydrogens is 146 g/mol. The Morgan fingerprint density at radius 3 is 2.27 bits per heavy atom. The Labute approximate surface area is 64.5 Å². The van der Waals surface area contributed by atoms with Crippen LogP contribution in [0.4, 0.5) is 0 Å².